The number of hydrogen-bond donors (Lipinski definition) is 1. The molecule has 0 aliphatic carbocycles. The van der Waals surface area contributed by atoms with Gasteiger partial charge in [0, 0.05) is 12.7 Å². The Morgan fingerprint density at radius 3 is 2.43 bits per heavy atom. The van der Waals surface area contributed by atoms with E-state index in [2.05, 4.69) is 0 Å². The van der Waals surface area contributed by atoms with Crippen LogP contribution in [0, 0.1) is 11.6 Å². The predicted molar refractivity (Wildman–Crippen MR) is 69.1 cm³/mol. The summed E-state index contributed by atoms with van der Waals surface area (Å²) in [6.45, 7) is 2.36. The number of carbonyl (C=O) groups excluding carboxylic acids is 1. The lowest BCUT2D eigenvalue weighted by Crippen LogP contribution is -2.17. The van der Waals surface area contributed by atoms with Crippen molar-refractivity contribution in [3.05, 3.63) is 29.3 Å². The second kappa shape index (κ2) is 7.43. The van der Waals surface area contributed by atoms with Crippen molar-refractivity contribution in [3.8, 4) is 0 Å². The Bertz CT molecular complexity index is 618. The molecule has 0 atom stereocenters. The fraction of sp³-hybridized carbons (Fsp3) is 0.417. The number of hydrogen-bond acceptors (Lipinski definition) is 5. The maximum atomic E-state index is 13.5. The fourth-order valence-electron chi connectivity index (χ4n) is 1.42. The van der Waals surface area contributed by atoms with Gasteiger partial charge in [0.1, 0.15) is 23.1 Å². The van der Waals surface area contributed by atoms with Crippen LogP contribution in [0.3, 0.4) is 0 Å². The first-order valence-electron chi connectivity index (χ1n) is 6.04. The van der Waals surface area contributed by atoms with Crippen LogP contribution in [-0.4, -0.2) is 34.2 Å². The molecule has 1 aromatic carbocycles. The highest BCUT2D eigenvalue weighted by molar-refractivity contribution is 7.89. The van der Waals surface area contributed by atoms with Crippen molar-refractivity contribution in [2.45, 2.75) is 18.2 Å². The highest BCUT2D eigenvalue weighted by Crippen LogP contribution is 2.19. The Hall–Kier alpha value is -1.58. The molecule has 0 radical (unpaired) electrons. The third kappa shape index (κ3) is 5.03. The first-order chi connectivity index (χ1) is 9.77. The van der Waals surface area contributed by atoms with Crippen molar-refractivity contribution in [1.82, 2.24) is 0 Å². The molecule has 0 aliphatic heterocycles. The molecular formula is C12H15F2NO5S. The van der Waals surface area contributed by atoms with Crippen LogP contribution in [0.1, 0.15) is 23.7 Å². The van der Waals surface area contributed by atoms with Gasteiger partial charge in [0.05, 0.1) is 12.2 Å². The largest absolute Gasteiger partial charge is 0.460 e. The molecule has 0 unspecified atom stereocenters. The quantitative estimate of drug-likeness (QED) is 0.601. The normalized spacial score (nSPS) is 11.4. The molecule has 2 N–H and O–H groups in total. The van der Waals surface area contributed by atoms with Crippen LogP contribution in [-0.2, 0) is 19.5 Å². The van der Waals surface area contributed by atoms with Crippen LogP contribution in [0.15, 0.2) is 17.0 Å². The van der Waals surface area contributed by atoms with E-state index in [1.807, 2.05) is 6.92 Å². The molecule has 21 heavy (non-hydrogen) atoms. The number of carbonyl (C=O) groups is 1. The molecule has 0 bridgehead atoms. The van der Waals surface area contributed by atoms with E-state index in [1.54, 1.807) is 0 Å². The summed E-state index contributed by atoms with van der Waals surface area (Å²) < 4.78 is 58.8. The van der Waals surface area contributed by atoms with Crippen molar-refractivity contribution in [1.29, 1.82) is 0 Å². The van der Waals surface area contributed by atoms with Crippen molar-refractivity contribution in [2.75, 3.05) is 19.8 Å². The van der Waals surface area contributed by atoms with Crippen LogP contribution in [0.2, 0.25) is 0 Å². The standard InChI is InChI=1S/C12H15F2NO5S/c1-2-3-19-4-5-20-12(16)8-6-11(21(15,17)18)10(14)7-9(8)13/h6-7H,2-5H2,1H3,(H2,15,17,18). The van der Waals surface area contributed by atoms with E-state index in [4.69, 9.17) is 14.6 Å². The summed E-state index contributed by atoms with van der Waals surface area (Å²) in [4.78, 5) is 10.6. The third-order valence-corrected chi connectivity index (χ3v) is 3.28. The van der Waals surface area contributed by atoms with E-state index in [0.29, 0.717) is 12.7 Å². The zero-order valence-electron chi connectivity index (χ0n) is 11.3. The van der Waals surface area contributed by atoms with Crippen LogP contribution < -0.4 is 5.14 Å². The van der Waals surface area contributed by atoms with Gasteiger partial charge in [-0.2, -0.15) is 0 Å². The molecule has 118 valence electrons. The molecule has 0 aliphatic rings. The summed E-state index contributed by atoms with van der Waals surface area (Å²) >= 11 is 0. The lowest BCUT2D eigenvalue weighted by atomic mass is 10.2. The minimum absolute atomic E-state index is 0.116. The van der Waals surface area contributed by atoms with Gasteiger partial charge in [0.2, 0.25) is 10.0 Å². The molecule has 0 aromatic heterocycles. The van der Waals surface area contributed by atoms with Gasteiger partial charge >= 0.3 is 5.97 Å². The van der Waals surface area contributed by atoms with Gasteiger partial charge in [-0.25, -0.2) is 27.1 Å². The first-order valence-corrected chi connectivity index (χ1v) is 7.58. The Labute approximate surface area is 120 Å². The fourth-order valence-corrected chi connectivity index (χ4v) is 2.03. The Kier molecular flexibility index (Phi) is 6.19. The van der Waals surface area contributed by atoms with E-state index in [1.165, 1.54) is 0 Å². The summed E-state index contributed by atoms with van der Waals surface area (Å²) in [5, 5.41) is 4.77. The molecule has 1 aromatic rings. The summed E-state index contributed by atoms with van der Waals surface area (Å²) in [5.74, 6) is -3.74. The number of nitrogens with two attached hydrogens (primary N) is 1. The SMILES string of the molecule is CCCOCCOC(=O)c1cc(S(N)(=O)=O)c(F)cc1F. The van der Waals surface area contributed by atoms with E-state index >= 15 is 0 Å². The van der Waals surface area contributed by atoms with Gasteiger partial charge in [-0.3, -0.25) is 0 Å². The van der Waals surface area contributed by atoms with Gasteiger partial charge in [-0.1, -0.05) is 6.92 Å². The van der Waals surface area contributed by atoms with E-state index < -0.39 is 38.1 Å². The number of halogens is 2. The van der Waals surface area contributed by atoms with Gasteiger partial charge < -0.3 is 9.47 Å². The monoisotopic (exact) mass is 323 g/mol. The minimum Gasteiger partial charge on any atom is -0.460 e. The van der Waals surface area contributed by atoms with E-state index in [9.17, 15) is 22.0 Å². The summed E-state index contributed by atoms with van der Waals surface area (Å²) in [5.41, 5.74) is -0.712. The summed E-state index contributed by atoms with van der Waals surface area (Å²) in [7, 11) is -4.41. The molecule has 0 spiro atoms. The predicted octanol–water partition coefficient (Wildman–Crippen LogP) is 1.20. The number of sulfonamides is 1. The zero-order chi connectivity index (χ0) is 16.0. The number of benzene rings is 1. The Morgan fingerprint density at radius 1 is 1.19 bits per heavy atom. The molecule has 9 heteroatoms. The highest BCUT2D eigenvalue weighted by Gasteiger charge is 2.22. The van der Waals surface area contributed by atoms with Crippen molar-refractivity contribution in [2.24, 2.45) is 5.14 Å². The molecule has 0 saturated heterocycles. The maximum Gasteiger partial charge on any atom is 0.341 e. The topological polar surface area (TPSA) is 95.7 Å². The average molecular weight is 323 g/mol. The number of rotatable bonds is 7. The molecule has 6 nitrogen and oxygen atoms in total. The van der Waals surface area contributed by atoms with Gasteiger partial charge in [0.15, 0.2) is 0 Å². The summed E-state index contributed by atoms with van der Waals surface area (Å²) in [6.07, 6.45) is 0.790. The maximum absolute atomic E-state index is 13.5. The third-order valence-electron chi connectivity index (χ3n) is 2.36. The Balaban J connectivity index is 2.85. The van der Waals surface area contributed by atoms with Crippen molar-refractivity contribution < 1.29 is 31.5 Å². The molecule has 0 heterocycles. The van der Waals surface area contributed by atoms with Crippen molar-refractivity contribution >= 4 is 16.0 Å². The number of primary sulfonamides is 1. The van der Waals surface area contributed by atoms with Crippen LogP contribution in [0.4, 0.5) is 8.78 Å². The molecule has 0 amide bonds. The van der Waals surface area contributed by atoms with E-state index in [-0.39, 0.29) is 19.3 Å². The number of esters is 1. The molecule has 0 saturated carbocycles. The first kappa shape index (κ1) is 17.5. The molecule has 0 fully saturated rings. The Morgan fingerprint density at radius 2 is 1.86 bits per heavy atom. The van der Waals surface area contributed by atoms with Crippen LogP contribution in [0.25, 0.3) is 0 Å². The number of ether oxygens (including phenoxy) is 2. The zero-order valence-corrected chi connectivity index (χ0v) is 12.1. The lowest BCUT2D eigenvalue weighted by molar-refractivity contribution is 0.0314. The molecule has 1 rings (SSSR count). The second-order valence-electron chi connectivity index (χ2n) is 4.06. The van der Waals surface area contributed by atoms with Crippen LogP contribution in [0.5, 0.6) is 0 Å². The highest BCUT2D eigenvalue weighted by atomic mass is 32.2. The van der Waals surface area contributed by atoms with Crippen molar-refractivity contribution in [3.63, 3.8) is 0 Å². The van der Waals surface area contributed by atoms with Gasteiger partial charge in [-0.05, 0) is 12.5 Å². The smallest absolute Gasteiger partial charge is 0.341 e. The van der Waals surface area contributed by atoms with E-state index in [0.717, 1.165) is 6.42 Å². The lowest BCUT2D eigenvalue weighted by Gasteiger charge is -2.08. The summed E-state index contributed by atoms with van der Waals surface area (Å²) in [6, 6.07) is 0.777. The second-order valence-corrected chi connectivity index (χ2v) is 5.59. The van der Waals surface area contributed by atoms with Crippen LogP contribution >= 0.6 is 0 Å². The average Bonchev–Trinajstić information content (AvgIpc) is 2.36. The molecular weight excluding hydrogens is 308 g/mol. The minimum atomic E-state index is -4.41. The van der Waals surface area contributed by atoms with Gasteiger partial charge in [0.25, 0.3) is 0 Å². The van der Waals surface area contributed by atoms with Gasteiger partial charge in [-0.15, -0.1) is 0 Å².